The number of carbonyl (C=O) groups excluding carboxylic acids is 1. The fourth-order valence-corrected chi connectivity index (χ4v) is 4.09. The average molecular weight is 428 g/mol. The molecule has 1 saturated heterocycles. The maximum absolute atomic E-state index is 13.0. The smallest absolute Gasteiger partial charge is 0.316 e. The lowest BCUT2D eigenvalue weighted by Crippen LogP contribution is -2.31. The zero-order chi connectivity index (χ0) is 20.9. The quantitative estimate of drug-likeness (QED) is 0.669. The third-order valence-corrected chi connectivity index (χ3v) is 6.17. The number of halogens is 3. The summed E-state index contributed by atoms with van der Waals surface area (Å²) in [7, 11) is -4.30. The minimum Gasteiger partial charge on any atom is -0.316 e. The van der Waals surface area contributed by atoms with Crippen LogP contribution < -0.4 is 10.0 Å². The van der Waals surface area contributed by atoms with Gasteiger partial charge in [0, 0.05) is 23.7 Å². The van der Waals surface area contributed by atoms with Gasteiger partial charge in [0.25, 0.3) is 15.9 Å². The lowest BCUT2D eigenvalue weighted by Gasteiger charge is -2.15. The molecule has 2 aromatic rings. The van der Waals surface area contributed by atoms with Crippen LogP contribution in [0.5, 0.6) is 0 Å². The molecule has 2 aliphatic heterocycles. The van der Waals surface area contributed by atoms with Crippen LogP contribution in [0.2, 0.25) is 0 Å². The second-order valence-corrected chi connectivity index (χ2v) is 8.41. The van der Waals surface area contributed by atoms with Crippen molar-refractivity contribution in [3.63, 3.8) is 0 Å². The van der Waals surface area contributed by atoms with E-state index in [1.165, 1.54) is 6.07 Å². The molecule has 0 radical (unpaired) electrons. The van der Waals surface area contributed by atoms with Crippen molar-refractivity contribution in [3.8, 4) is 0 Å². The first-order chi connectivity index (χ1) is 13.6. The van der Waals surface area contributed by atoms with E-state index < -0.39 is 27.8 Å². The van der Waals surface area contributed by atoms with Crippen LogP contribution in [-0.2, 0) is 15.7 Å². The predicted octanol–water partition coefficient (Wildman–Crippen LogP) is 1.79. The lowest BCUT2D eigenvalue weighted by molar-refractivity contribution is -0.166. The van der Waals surface area contributed by atoms with E-state index in [1.54, 1.807) is 0 Å². The van der Waals surface area contributed by atoms with Gasteiger partial charge in [0.2, 0.25) is 0 Å². The molecule has 1 aromatic heterocycles. The molecule has 1 aromatic carbocycles. The van der Waals surface area contributed by atoms with Crippen LogP contribution in [0, 0.1) is 0 Å². The van der Waals surface area contributed by atoms with Crippen LogP contribution >= 0.6 is 0 Å². The molecule has 1 fully saturated rings. The molecule has 3 N–H and O–H groups in total. The minimum absolute atomic E-state index is 0.0984. The Bertz CT molecular complexity index is 1070. The molecular weight excluding hydrogens is 413 g/mol. The number of nitrogens with one attached hydrogen (secondary N) is 3. The maximum atomic E-state index is 13.0. The Morgan fingerprint density at radius 3 is 2.45 bits per heavy atom. The van der Waals surface area contributed by atoms with Gasteiger partial charge in [0.15, 0.2) is 5.69 Å². The summed E-state index contributed by atoms with van der Waals surface area (Å²) in [5.74, 6) is -0.783. The third kappa shape index (κ3) is 3.51. The normalized spacial score (nSPS) is 20.6. The van der Waals surface area contributed by atoms with Crippen molar-refractivity contribution in [2.24, 2.45) is 10.2 Å². The van der Waals surface area contributed by atoms with Crippen LogP contribution in [0.25, 0.3) is 0 Å². The number of carbonyl (C=O) groups is 1. The average Bonchev–Trinajstić information content (AvgIpc) is 3.08. The SMILES string of the molecule is O=C(NS(=O)(=O)c1ccc(C2(C(F)(F)F)N=N2)cc1)c1cc(C2CCNC2)[nH]n1. The van der Waals surface area contributed by atoms with Crippen LogP contribution in [0.1, 0.15) is 34.1 Å². The first kappa shape index (κ1) is 19.5. The van der Waals surface area contributed by atoms with Gasteiger partial charge in [-0.3, -0.25) is 9.89 Å². The number of hydrogen-bond donors (Lipinski definition) is 3. The Kier molecular flexibility index (Phi) is 4.46. The summed E-state index contributed by atoms with van der Waals surface area (Å²) in [5, 5.41) is 15.8. The zero-order valence-electron chi connectivity index (χ0n) is 14.7. The number of alkyl halides is 3. The Morgan fingerprint density at radius 1 is 1.21 bits per heavy atom. The summed E-state index contributed by atoms with van der Waals surface area (Å²) < 4.78 is 65.7. The van der Waals surface area contributed by atoms with Gasteiger partial charge in [-0.15, -0.1) is 10.2 Å². The van der Waals surface area contributed by atoms with E-state index in [4.69, 9.17) is 0 Å². The molecule has 0 saturated carbocycles. The van der Waals surface area contributed by atoms with Crippen LogP contribution in [0.3, 0.4) is 0 Å². The van der Waals surface area contributed by atoms with Crippen molar-refractivity contribution in [3.05, 3.63) is 47.3 Å². The van der Waals surface area contributed by atoms with Gasteiger partial charge in [-0.1, -0.05) is 12.1 Å². The highest BCUT2D eigenvalue weighted by atomic mass is 32.2. The topological polar surface area (TPSA) is 129 Å². The molecule has 4 rings (SSSR count). The molecule has 3 heterocycles. The molecule has 0 spiro atoms. The molecule has 0 bridgehead atoms. The number of benzene rings is 1. The molecular formula is C16H15F3N6O3S. The first-order valence-electron chi connectivity index (χ1n) is 8.57. The van der Waals surface area contributed by atoms with Gasteiger partial charge in [-0.05, 0) is 31.2 Å². The monoisotopic (exact) mass is 428 g/mol. The van der Waals surface area contributed by atoms with Crippen molar-refractivity contribution in [2.75, 3.05) is 13.1 Å². The molecule has 1 unspecified atom stereocenters. The highest BCUT2D eigenvalue weighted by Gasteiger charge is 2.65. The molecule has 2 aliphatic rings. The largest absolute Gasteiger partial charge is 0.442 e. The van der Waals surface area contributed by atoms with E-state index in [1.807, 2.05) is 4.72 Å². The number of nitrogens with zero attached hydrogens (tertiary/aromatic N) is 3. The molecule has 0 aliphatic carbocycles. The standard InChI is InChI=1S/C16H15F3N6O3S/c17-16(18,19)15(24-25-15)10-1-3-11(4-2-10)29(27,28)23-14(26)13-7-12(21-22-13)9-5-6-20-8-9/h1-4,7,9,20H,5-6,8H2,(H,21,22)(H,23,26). The summed E-state index contributed by atoms with van der Waals surface area (Å²) in [6.45, 7) is 1.57. The molecule has 154 valence electrons. The van der Waals surface area contributed by atoms with Gasteiger partial charge >= 0.3 is 11.8 Å². The number of rotatable bonds is 5. The Hall–Kier alpha value is -2.80. The van der Waals surface area contributed by atoms with Gasteiger partial charge in [-0.25, -0.2) is 13.1 Å². The van der Waals surface area contributed by atoms with E-state index in [9.17, 15) is 26.4 Å². The number of aromatic amines is 1. The van der Waals surface area contributed by atoms with Gasteiger partial charge < -0.3 is 5.32 Å². The Labute approximate surface area is 162 Å². The Balaban J connectivity index is 1.48. The van der Waals surface area contributed by atoms with E-state index >= 15 is 0 Å². The van der Waals surface area contributed by atoms with Crippen LogP contribution in [0.4, 0.5) is 13.2 Å². The van der Waals surface area contributed by atoms with Crippen molar-refractivity contribution in [1.82, 2.24) is 20.2 Å². The molecule has 29 heavy (non-hydrogen) atoms. The highest BCUT2D eigenvalue weighted by Crippen LogP contribution is 2.52. The summed E-state index contributed by atoms with van der Waals surface area (Å²) in [6.07, 6.45) is -3.85. The van der Waals surface area contributed by atoms with Crippen molar-refractivity contribution in [2.45, 2.75) is 29.1 Å². The molecule has 9 nitrogen and oxygen atoms in total. The van der Waals surface area contributed by atoms with Gasteiger partial charge in [-0.2, -0.15) is 18.3 Å². The summed E-state index contributed by atoms with van der Waals surface area (Å²) in [4.78, 5) is 11.9. The zero-order valence-corrected chi connectivity index (χ0v) is 15.5. The van der Waals surface area contributed by atoms with Gasteiger partial charge in [0.05, 0.1) is 4.90 Å². The highest BCUT2D eigenvalue weighted by molar-refractivity contribution is 7.90. The Morgan fingerprint density at radius 2 is 1.90 bits per heavy atom. The summed E-state index contributed by atoms with van der Waals surface area (Å²) in [6, 6.07) is 5.33. The van der Waals surface area contributed by atoms with Crippen molar-refractivity contribution in [1.29, 1.82) is 0 Å². The second-order valence-electron chi connectivity index (χ2n) is 6.73. The summed E-state index contributed by atoms with van der Waals surface area (Å²) >= 11 is 0. The predicted molar refractivity (Wildman–Crippen MR) is 92.5 cm³/mol. The van der Waals surface area contributed by atoms with E-state index in [2.05, 4.69) is 25.7 Å². The van der Waals surface area contributed by atoms with E-state index in [0.29, 0.717) is 0 Å². The number of hydrogen-bond acceptors (Lipinski definition) is 7. The number of sulfonamides is 1. The lowest BCUT2D eigenvalue weighted by atomic mass is 10.0. The third-order valence-electron chi connectivity index (χ3n) is 4.82. The molecule has 1 amide bonds. The number of aromatic nitrogens is 2. The van der Waals surface area contributed by atoms with Crippen LogP contribution in [0.15, 0.2) is 45.5 Å². The van der Waals surface area contributed by atoms with Gasteiger partial charge in [0.1, 0.15) is 0 Å². The van der Waals surface area contributed by atoms with Crippen molar-refractivity contribution >= 4 is 15.9 Å². The van der Waals surface area contributed by atoms with Crippen LogP contribution in [-0.4, -0.2) is 43.8 Å². The van der Waals surface area contributed by atoms with Crippen molar-refractivity contribution < 1.29 is 26.4 Å². The number of H-pyrrole nitrogens is 1. The number of amides is 1. The van der Waals surface area contributed by atoms with E-state index in [0.717, 1.165) is 49.5 Å². The van der Waals surface area contributed by atoms with E-state index in [-0.39, 0.29) is 22.1 Å². The first-order valence-corrected chi connectivity index (χ1v) is 10.1. The maximum Gasteiger partial charge on any atom is 0.442 e. The fourth-order valence-electron chi connectivity index (χ4n) is 3.12. The fraction of sp³-hybridized carbons (Fsp3) is 0.375. The molecule has 13 heteroatoms. The summed E-state index contributed by atoms with van der Waals surface area (Å²) in [5.41, 5.74) is -2.33. The molecule has 1 atom stereocenters. The minimum atomic E-state index is -4.71. The second kappa shape index (κ2) is 6.62.